The summed E-state index contributed by atoms with van der Waals surface area (Å²) in [5.74, 6) is 0.0267. The number of unbranched alkanes of at least 4 members (excludes halogenated alkanes) is 1. The van der Waals surface area contributed by atoms with Crippen molar-refractivity contribution in [1.82, 2.24) is 0 Å². The van der Waals surface area contributed by atoms with E-state index in [1.165, 1.54) is 4.88 Å². The molecule has 1 amide bonds. The Morgan fingerprint density at radius 3 is 2.82 bits per heavy atom. The van der Waals surface area contributed by atoms with E-state index in [4.69, 9.17) is 4.74 Å². The Morgan fingerprint density at radius 1 is 1.36 bits per heavy atom. The van der Waals surface area contributed by atoms with E-state index in [1.54, 1.807) is 18.3 Å². The molecule has 1 aliphatic carbocycles. The summed E-state index contributed by atoms with van der Waals surface area (Å²) in [5, 5.41) is 3.62. The lowest BCUT2D eigenvalue weighted by Gasteiger charge is -2.19. The van der Waals surface area contributed by atoms with Gasteiger partial charge < -0.3 is 10.1 Å². The van der Waals surface area contributed by atoms with Gasteiger partial charge in [0.25, 0.3) is 0 Å². The van der Waals surface area contributed by atoms with Crippen molar-refractivity contribution in [2.24, 2.45) is 0 Å². The molecule has 0 bridgehead atoms. The number of aryl methyl sites for hydroxylation is 1. The standard InChI is InChI=1S/C17H25NO3S/c1-4-6-10-13(19)18-16-15(17(20)21-5-2)14-11(3)8-7-9-12(14)22-16/h11H,4-10H2,1-3H3,(H,18,19). The van der Waals surface area contributed by atoms with Gasteiger partial charge in [-0.15, -0.1) is 11.3 Å². The molecule has 4 nitrogen and oxygen atoms in total. The van der Waals surface area contributed by atoms with Crippen LogP contribution in [-0.4, -0.2) is 18.5 Å². The van der Waals surface area contributed by atoms with Crippen molar-refractivity contribution in [2.45, 2.75) is 65.2 Å². The number of anilines is 1. The number of carbonyl (C=O) groups is 2. The molecule has 1 aliphatic rings. The highest BCUT2D eigenvalue weighted by molar-refractivity contribution is 7.17. The van der Waals surface area contributed by atoms with Gasteiger partial charge in [-0.2, -0.15) is 0 Å². The normalized spacial score (nSPS) is 17.0. The summed E-state index contributed by atoms with van der Waals surface area (Å²) in [7, 11) is 0. The molecule has 1 heterocycles. The molecule has 0 aromatic carbocycles. The van der Waals surface area contributed by atoms with Crippen molar-refractivity contribution in [3.8, 4) is 0 Å². The molecule has 122 valence electrons. The van der Waals surface area contributed by atoms with E-state index in [-0.39, 0.29) is 11.9 Å². The minimum absolute atomic E-state index is 0.0151. The van der Waals surface area contributed by atoms with Crippen molar-refractivity contribution in [2.75, 3.05) is 11.9 Å². The number of rotatable bonds is 6. The molecule has 1 aromatic rings. The van der Waals surface area contributed by atoms with Crippen LogP contribution in [0, 0.1) is 0 Å². The van der Waals surface area contributed by atoms with Gasteiger partial charge in [0.15, 0.2) is 0 Å². The number of amides is 1. The van der Waals surface area contributed by atoms with Crippen molar-refractivity contribution >= 4 is 28.2 Å². The van der Waals surface area contributed by atoms with Crippen LogP contribution in [0.5, 0.6) is 0 Å². The number of esters is 1. The van der Waals surface area contributed by atoms with Gasteiger partial charge in [-0.3, -0.25) is 4.79 Å². The van der Waals surface area contributed by atoms with Crippen LogP contribution in [0.25, 0.3) is 0 Å². The average molecular weight is 323 g/mol. The molecule has 0 saturated carbocycles. The third-order valence-electron chi connectivity index (χ3n) is 4.05. The first-order valence-corrected chi connectivity index (χ1v) is 9.02. The maximum absolute atomic E-state index is 12.4. The molecule has 5 heteroatoms. The summed E-state index contributed by atoms with van der Waals surface area (Å²) in [5.41, 5.74) is 1.69. The molecule has 2 rings (SSSR count). The smallest absolute Gasteiger partial charge is 0.341 e. The summed E-state index contributed by atoms with van der Waals surface area (Å²) >= 11 is 1.55. The Kier molecular flexibility index (Phi) is 6.00. The van der Waals surface area contributed by atoms with Crippen LogP contribution in [0.15, 0.2) is 0 Å². The Balaban J connectivity index is 2.31. The monoisotopic (exact) mass is 323 g/mol. The minimum Gasteiger partial charge on any atom is -0.462 e. The zero-order valence-corrected chi connectivity index (χ0v) is 14.5. The molecule has 22 heavy (non-hydrogen) atoms. The van der Waals surface area contributed by atoms with Crippen molar-refractivity contribution in [1.29, 1.82) is 0 Å². The van der Waals surface area contributed by atoms with Crippen LogP contribution in [0.4, 0.5) is 5.00 Å². The van der Waals surface area contributed by atoms with Gasteiger partial charge in [0.05, 0.1) is 12.2 Å². The molecular formula is C17H25NO3S. The fraction of sp³-hybridized carbons (Fsp3) is 0.647. The van der Waals surface area contributed by atoms with Gasteiger partial charge in [-0.25, -0.2) is 4.79 Å². The summed E-state index contributed by atoms with van der Waals surface area (Å²) < 4.78 is 5.22. The topological polar surface area (TPSA) is 55.4 Å². The molecule has 1 atom stereocenters. The fourth-order valence-corrected chi connectivity index (χ4v) is 4.30. The van der Waals surface area contributed by atoms with Gasteiger partial charge in [-0.05, 0) is 44.1 Å². The van der Waals surface area contributed by atoms with E-state index in [0.29, 0.717) is 29.5 Å². The Bertz CT molecular complexity index is 550. The number of thiophene rings is 1. The van der Waals surface area contributed by atoms with Gasteiger partial charge in [0.1, 0.15) is 5.00 Å². The zero-order chi connectivity index (χ0) is 16.1. The zero-order valence-electron chi connectivity index (χ0n) is 13.7. The molecule has 0 radical (unpaired) electrons. The molecule has 1 aromatic heterocycles. The first-order valence-electron chi connectivity index (χ1n) is 8.20. The number of hydrogen-bond donors (Lipinski definition) is 1. The lowest BCUT2D eigenvalue weighted by Crippen LogP contribution is -2.16. The summed E-state index contributed by atoms with van der Waals surface area (Å²) in [6.07, 6.45) is 5.55. The quantitative estimate of drug-likeness (QED) is 0.785. The number of ether oxygens (including phenoxy) is 1. The predicted molar refractivity (Wildman–Crippen MR) is 89.8 cm³/mol. The number of carbonyl (C=O) groups excluding carboxylic acids is 2. The van der Waals surface area contributed by atoms with Crippen LogP contribution in [0.3, 0.4) is 0 Å². The van der Waals surface area contributed by atoms with Gasteiger partial charge in [0.2, 0.25) is 5.91 Å². The number of fused-ring (bicyclic) bond motifs is 1. The molecular weight excluding hydrogens is 298 g/mol. The Labute approximate surface area is 136 Å². The van der Waals surface area contributed by atoms with Crippen LogP contribution >= 0.6 is 11.3 Å². The molecule has 0 fully saturated rings. The summed E-state index contributed by atoms with van der Waals surface area (Å²) in [6, 6.07) is 0. The van der Waals surface area contributed by atoms with E-state index >= 15 is 0 Å². The highest BCUT2D eigenvalue weighted by atomic mass is 32.1. The maximum atomic E-state index is 12.4. The van der Waals surface area contributed by atoms with E-state index in [9.17, 15) is 9.59 Å². The van der Waals surface area contributed by atoms with Gasteiger partial charge in [0, 0.05) is 11.3 Å². The molecule has 0 aliphatic heterocycles. The fourth-order valence-electron chi connectivity index (χ4n) is 2.93. The van der Waals surface area contributed by atoms with Crippen molar-refractivity contribution in [3.05, 3.63) is 16.0 Å². The van der Waals surface area contributed by atoms with E-state index in [1.807, 2.05) is 0 Å². The maximum Gasteiger partial charge on any atom is 0.341 e. The summed E-state index contributed by atoms with van der Waals surface area (Å²) in [6.45, 7) is 6.36. The molecule has 0 saturated heterocycles. The van der Waals surface area contributed by atoms with E-state index in [0.717, 1.165) is 37.7 Å². The Morgan fingerprint density at radius 2 is 2.14 bits per heavy atom. The highest BCUT2D eigenvalue weighted by Gasteiger charge is 2.30. The van der Waals surface area contributed by atoms with Crippen LogP contribution in [0.1, 0.15) is 79.6 Å². The largest absolute Gasteiger partial charge is 0.462 e. The van der Waals surface area contributed by atoms with Crippen molar-refractivity contribution in [3.63, 3.8) is 0 Å². The average Bonchev–Trinajstić information content (AvgIpc) is 2.84. The highest BCUT2D eigenvalue weighted by Crippen LogP contribution is 2.43. The molecule has 1 unspecified atom stereocenters. The molecule has 0 spiro atoms. The van der Waals surface area contributed by atoms with E-state index < -0.39 is 0 Å². The van der Waals surface area contributed by atoms with E-state index in [2.05, 4.69) is 19.2 Å². The number of nitrogens with one attached hydrogen (secondary N) is 1. The van der Waals surface area contributed by atoms with Gasteiger partial charge >= 0.3 is 5.97 Å². The second-order valence-electron chi connectivity index (χ2n) is 5.81. The van der Waals surface area contributed by atoms with Crippen LogP contribution < -0.4 is 5.32 Å². The first kappa shape index (κ1) is 17.0. The predicted octanol–water partition coefficient (Wildman–Crippen LogP) is 4.49. The lowest BCUT2D eigenvalue weighted by molar-refractivity contribution is -0.116. The first-order chi connectivity index (χ1) is 10.6. The Hall–Kier alpha value is -1.36. The lowest BCUT2D eigenvalue weighted by atomic mass is 9.86. The van der Waals surface area contributed by atoms with Crippen LogP contribution in [0.2, 0.25) is 0 Å². The second kappa shape index (κ2) is 7.77. The number of hydrogen-bond acceptors (Lipinski definition) is 4. The van der Waals surface area contributed by atoms with Crippen LogP contribution in [-0.2, 0) is 16.0 Å². The second-order valence-corrected chi connectivity index (χ2v) is 6.91. The third kappa shape index (κ3) is 3.69. The van der Waals surface area contributed by atoms with Gasteiger partial charge in [-0.1, -0.05) is 20.3 Å². The van der Waals surface area contributed by atoms with Crippen molar-refractivity contribution < 1.29 is 14.3 Å². The summed E-state index contributed by atoms with van der Waals surface area (Å²) in [4.78, 5) is 25.6. The third-order valence-corrected chi connectivity index (χ3v) is 5.23. The SMILES string of the molecule is CCCCC(=O)Nc1sc2c(c1C(=O)OCC)C(C)CCC2. The minimum atomic E-state index is -0.306. The molecule has 1 N–H and O–H groups in total.